The number of amides is 2. The van der Waals surface area contributed by atoms with E-state index in [1.54, 1.807) is 12.4 Å². The molecule has 3 atom stereocenters. The topological polar surface area (TPSA) is 82.2 Å². The highest BCUT2D eigenvalue weighted by atomic mass is 16.2. The van der Waals surface area contributed by atoms with Crippen LogP contribution in [0, 0.1) is 11.8 Å². The molecule has 2 saturated heterocycles. The summed E-state index contributed by atoms with van der Waals surface area (Å²) in [6.45, 7) is 1.86. The summed E-state index contributed by atoms with van der Waals surface area (Å²) in [6, 6.07) is 13.7. The van der Waals surface area contributed by atoms with Gasteiger partial charge >= 0.3 is 0 Å². The van der Waals surface area contributed by atoms with E-state index < -0.39 is 0 Å². The van der Waals surface area contributed by atoms with E-state index in [1.807, 2.05) is 40.1 Å². The van der Waals surface area contributed by atoms with E-state index in [0.717, 1.165) is 5.56 Å². The zero-order chi connectivity index (χ0) is 19.8. The molecule has 146 valence electrons. The standard InChI is InChI=1S/C22H21N5O2/c28-21(19-11-23-9-10-25-19)26-12-16-13-27(22(29)18-7-4-8-24-18)20(17(16)14-26)15-5-2-1-3-6-15/h1-11,16-17,20,24H,12-14H2/t16-,17-,20+/m0/s1. The minimum Gasteiger partial charge on any atom is -0.357 e. The van der Waals surface area contributed by atoms with Gasteiger partial charge in [0.15, 0.2) is 0 Å². The van der Waals surface area contributed by atoms with Gasteiger partial charge in [-0.3, -0.25) is 14.6 Å². The Morgan fingerprint density at radius 3 is 2.55 bits per heavy atom. The number of carbonyl (C=O) groups is 2. The summed E-state index contributed by atoms with van der Waals surface area (Å²) in [7, 11) is 0. The maximum Gasteiger partial charge on any atom is 0.274 e. The number of nitrogens with zero attached hydrogens (tertiary/aromatic N) is 4. The van der Waals surface area contributed by atoms with Crippen LogP contribution in [0.3, 0.4) is 0 Å². The molecule has 0 saturated carbocycles. The number of likely N-dealkylation sites (tertiary alicyclic amines) is 2. The first kappa shape index (κ1) is 17.6. The number of aromatic amines is 1. The number of carbonyl (C=O) groups excluding carboxylic acids is 2. The summed E-state index contributed by atoms with van der Waals surface area (Å²) < 4.78 is 0. The lowest BCUT2D eigenvalue weighted by atomic mass is 9.89. The number of fused-ring (bicyclic) bond motifs is 1. The van der Waals surface area contributed by atoms with E-state index in [0.29, 0.717) is 31.0 Å². The summed E-state index contributed by atoms with van der Waals surface area (Å²) in [6.07, 6.45) is 6.37. The Balaban J connectivity index is 1.43. The van der Waals surface area contributed by atoms with Gasteiger partial charge < -0.3 is 14.8 Å². The summed E-state index contributed by atoms with van der Waals surface area (Å²) in [5.41, 5.74) is 2.06. The molecular weight excluding hydrogens is 366 g/mol. The normalized spacial score (nSPS) is 23.2. The van der Waals surface area contributed by atoms with Gasteiger partial charge in [0.05, 0.1) is 12.2 Å². The Bertz CT molecular complexity index is 1010. The van der Waals surface area contributed by atoms with Crippen molar-refractivity contribution in [1.29, 1.82) is 0 Å². The summed E-state index contributed by atoms with van der Waals surface area (Å²) in [5.74, 6) is 0.336. The van der Waals surface area contributed by atoms with E-state index in [-0.39, 0.29) is 29.7 Å². The number of aromatic nitrogens is 3. The number of H-pyrrole nitrogens is 1. The van der Waals surface area contributed by atoms with E-state index in [4.69, 9.17) is 0 Å². The van der Waals surface area contributed by atoms with Crippen LogP contribution in [0.4, 0.5) is 0 Å². The number of nitrogens with one attached hydrogen (secondary N) is 1. The van der Waals surface area contributed by atoms with Crippen molar-refractivity contribution >= 4 is 11.8 Å². The van der Waals surface area contributed by atoms with Crippen molar-refractivity contribution in [2.75, 3.05) is 19.6 Å². The molecule has 2 aliphatic rings. The van der Waals surface area contributed by atoms with Crippen molar-refractivity contribution in [2.45, 2.75) is 6.04 Å². The van der Waals surface area contributed by atoms with Crippen LogP contribution in [0.5, 0.6) is 0 Å². The molecule has 2 aliphatic heterocycles. The Hall–Kier alpha value is -3.48. The van der Waals surface area contributed by atoms with Crippen LogP contribution in [-0.2, 0) is 0 Å². The van der Waals surface area contributed by atoms with Crippen LogP contribution in [0.1, 0.15) is 32.6 Å². The van der Waals surface area contributed by atoms with Crippen LogP contribution >= 0.6 is 0 Å². The van der Waals surface area contributed by atoms with Crippen LogP contribution in [0.25, 0.3) is 0 Å². The average molecular weight is 387 g/mol. The maximum absolute atomic E-state index is 13.2. The largest absolute Gasteiger partial charge is 0.357 e. The minimum absolute atomic E-state index is 0.00468. The maximum atomic E-state index is 13.2. The van der Waals surface area contributed by atoms with Gasteiger partial charge in [0.25, 0.3) is 11.8 Å². The molecule has 4 heterocycles. The van der Waals surface area contributed by atoms with E-state index >= 15 is 0 Å². The molecule has 0 radical (unpaired) electrons. The monoisotopic (exact) mass is 387 g/mol. The Morgan fingerprint density at radius 2 is 1.83 bits per heavy atom. The summed E-state index contributed by atoms with van der Waals surface area (Å²) in [4.78, 5) is 41.0. The Labute approximate surface area is 168 Å². The molecule has 0 aliphatic carbocycles. The van der Waals surface area contributed by atoms with Gasteiger partial charge in [0, 0.05) is 50.1 Å². The van der Waals surface area contributed by atoms with Gasteiger partial charge in [0.2, 0.25) is 0 Å². The Morgan fingerprint density at radius 1 is 0.966 bits per heavy atom. The summed E-state index contributed by atoms with van der Waals surface area (Å²) >= 11 is 0. The van der Waals surface area contributed by atoms with Crippen molar-refractivity contribution in [3.63, 3.8) is 0 Å². The third kappa shape index (κ3) is 3.08. The fraction of sp³-hybridized carbons (Fsp3) is 0.273. The first-order chi connectivity index (χ1) is 14.2. The lowest BCUT2D eigenvalue weighted by Gasteiger charge is -2.29. The third-order valence-electron chi connectivity index (χ3n) is 5.96. The van der Waals surface area contributed by atoms with Gasteiger partial charge in [-0.05, 0) is 17.7 Å². The molecule has 29 heavy (non-hydrogen) atoms. The number of hydrogen-bond acceptors (Lipinski definition) is 4. The zero-order valence-electron chi connectivity index (χ0n) is 15.8. The smallest absolute Gasteiger partial charge is 0.274 e. The van der Waals surface area contributed by atoms with E-state index in [1.165, 1.54) is 12.4 Å². The molecule has 3 aromatic rings. The highest BCUT2D eigenvalue weighted by Gasteiger charge is 2.50. The lowest BCUT2D eigenvalue weighted by molar-refractivity contribution is 0.0671. The molecule has 7 nitrogen and oxygen atoms in total. The van der Waals surface area contributed by atoms with Crippen molar-refractivity contribution in [2.24, 2.45) is 11.8 Å². The fourth-order valence-electron chi connectivity index (χ4n) is 4.69. The lowest BCUT2D eigenvalue weighted by Crippen LogP contribution is -2.37. The quantitative estimate of drug-likeness (QED) is 0.748. The predicted octanol–water partition coefficient (Wildman–Crippen LogP) is 2.39. The van der Waals surface area contributed by atoms with Gasteiger partial charge in [-0.15, -0.1) is 0 Å². The third-order valence-corrected chi connectivity index (χ3v) is 5.96. The fourth-order valence-corrected chi connectivity index (χ4v) is 4.69. The van der Waals surface area contributed by atoms with Gasteiger partial charge in [0.1, 0.15) is 11.4 Å². The van der Waals surface area contributed by atoms with E-state index in [2.05, 4.69) is 27.1 Å². The highest BCUT2D eigenvalue weighted by Crippen LogP contribution is 2.45. The highest BCUT2D eigenvalue weighted by molar-refractivity contribution is 5.93. The number of rotatable bonds is 3. The van der Waals surface area contributed by atoms with Crippen molar-refractivity contribution in [1.82, 2.24) is 24.8 Å². The van der Waals surface area contributed by atoms with Gasteiger partial charge in [-0.2, -0.15) is 0 Å². The van der Waals surface area contributed by atoms with Crippen LogP contribution in [-0.4, -0.2) is 56.2 Å². The first-order valence-electron chi connectivity index (χ1n) is 9.77. The molecule has 7 heteroatoms. The molecular formula is C22H21N5O2. The molecule has 0 spiro atoms. The second-order valence-electron chi connectivity index (χ2n) is 7.62. The second-order valence-corrected chi connectivity index (χ2v) is 7.62. The van der Waals surface area contributed by atoms with Crippen LogP contribution in [0.2, 0.25) is 0 Å². The average Bonchev–Trinajstić information content (AvgIpc) is 3.50. The molecule has 2 amide bonds. The van der Waals surface area contributed by atoms with Gasteiger partial charge in [-0.1, -0.05) is 30.3 Å². The van der Waals surface area contributed by atoms with Crippen molar-refractivity contribution in [3.05, 3.63) is 84.2 Å². The van der Waals surface area contributed by atoms with Crippen LogP contribution in [0.15, 0.2) is 67.3 Å². The predicted molar refractivity (Wildman–Crippen MR) is 106 cm³/mol. The molecule has 0 unspecified atom stereocenters. The SMILES string of the molecule is O=C(c1cnccn1)N1C[C@H]2CN(C(=O)c3ccc[nH]3)[C@H](c3ccccc3)[C@H]2C1. The Kier molecular flexibility index (Phi) is 4.35. The second kappa shape index (κ2) is 7.16. The molecule has 2 aromatic heterocycles. The molecule has 0 bridgehead atoms. The molecule has 1 aromatic carbocycles. The minimum atomic E-state index is -0.0958. The summed E-state index contributed by atoms with van der Waals surface area (Å²) in [5, 5.41) is 0. The van der Waals surface area contributed by atoms with Gasteiger partial charge in [-0.25, -0.2) is 4.98 Å². The molecule has 5 rings (SSSR count). The first-order valence-corrected chi connectivity index (χ1v) is 9.77. The molecule has 1 N–H and O–H groups in total. The molecule has 2 fully saturated rings. The van der Waals surface area contributed by atoms with Crippen LogP contribution < -0.4 is 0 Å². The van der Waals surface area contributed by atoms with Crippen molar-refractivity contribution < 1.29 is 9.59 Å². The zero-order valence-corrected chi connectivity index (χ0v) is 15.8. The van der Waals surface area contributed by atoms with Crippen molar-refractivity contribution in [3.8, 4) is 0 Å². The van der Waals surface area contributed by atoms with E-state index in [9.17, 15) is 9.59 Å². The number of benzene rings is 1. The number of hydrogen-bond donors (Lipinski definition) is 1.